The Morgan fingerprint density at radius 3 is 2.56 bits per heavy atom. The maximum atomic E-state index is 12.6. The molecule has 1 fully saturated rings. The first-order chi connectivity index (χ1) is 15.6. The van der Waals surface area contributed by atoms with Gasteiger partial charge in [-0.1, -0.05) is 37.5 Å². The first-order valence-electron chi connectivity index (χ1n) is 11.6. The summed E-state index contributed by atoms with van der Waals surface area (Å²) in [5.41, 5.74) is 7.16. The Kier molecular flexibility index (Phi) is 5.50. The molecule has 3 aliphatic rings. The van der Waals surface area contributed by atoms with Crippen molar-refractivity contribution in [1.82, 2.24) is 4.57 Å². The summed E-state index contributed by atoms with van der Waals surface area (Å²) in [4.78, 5) is 25.0. The molecule has 1 aliphatic heterocycles. The Balaban J connectivity index is 1.82. The second-order valence-electron chi connectivity index (χ2n) is 8.94. The third kappa shape index (κ3) is 3.40. The van der Waals surface area contributed by atoms with Crippen molar-refractivity contribution >= 4 is 28.4 Å². The zero-order chi connectivity index (χ0) is 22.2. The lowest BCUT2D eigenvalue weighted by atomic mass is 9.80. The number of methoxy groups -OCH3 is 2. The summed E-state index contributed by atoms with van der Waals surface area (Å²) in [5.74, 6) is -0.167. The van der Waals surface area contributed by atoms with Crippen LogP contribution in [0.3, 0.4) is 0 Å². The summed E-state index contributed by atoms with van der Waals surface area (Å²) in [6, 6.07) is 5.87. The van der Waals surface area contributed by atoms with E-state index in [-0.39, 0.29) is 11.9 Å². The van der Waals surface area contributed by atoms with Crippen LogP contribution in [0.1, 0.15) is 72.5 Å². The topological polar surface area (TPSA) is 57.5 Å². The molecule has 5 nitrogen and oxygen atoms in total. The lowest BCUT2D eigenvalue weighted by Crippen LogP contribution is -2.13. The number of rotatable bonds is 3. The van der Waals surface area contributed by atoms with Gasteiger partial charge in [-0.2, -0.15) is 0 Å². The number of allylic oxidation sites excluding steroid dienone is 5. The number of carbonyl (C=O) groups excluding carboxylic acids is 2. The quantitative estimate of drug-likeness (QED) is 0.586. The van der Waals surface area contributed by atoms with Crippen LogP contribution < -0.4 is 0 Å². The van der Waals surface area contributed by atoms with Crippen molar-refractivity contribution in [3.63, 3.8) is 0 Å². The largest absolute Gasteiger partial charge is 0.466 e. The van der Waals surface area contributed by atoms with Crippen LogP contribution in [0.25, 0.3) is 16.5 Å². The molecular formula is C27H29NO4. The summed E-state index contributed by atoms with van der Waals surface area (Å²) >= 11 is 0. The highest BCUT2D eigenvalue weighted by molar-refractivity contribution is 6.00. The van der Waals surface area contributed by atoms with Crippen molar-refractivity contribution in [1.29, 1.82) is 0 Å². The molecule has 1 saturated carbocycles. The van der Waals surface area contributed by atoms with Gasteiger partial charge in [0.1, 0.15) is 0 Å². The van der Waals surface area contributed by atoms with Crippen LogP contribution in [-0.2, 0) is 20.8 Å². The molecule has 2 aliphatic carbocycles. The van der Waals surface area contributed by atoms with E-state index in [1.165, 1.54) is 68.5 Å². The number of esters is 2. The highest BCUT2D eigenvalue weighted by Gasteiger charge is 2.31. The van der Waals surface area contributed by atoms with Crippen LogP contribution in [0.15, 0.2) is 47.6 Å². The van der Waals surface area contributed by atoms with Crippen molar-refractivity contribution < 1.29 is 19.1 Å². The Morgan fingerprint density at radius 2 is 1.81 bits per heavy atom. The molecule has 5 rings (SSSR count). The van der Waals surface area contributed by atoms with Gasteiger partial charge in [-0.25, -0.2) is 9.59 Å². The SMILES string of the molecule is COC(=O)C1=CC2=C(CCC=C2)c2c(C3CCCCC3)c3ccc(C(=O)OC)cc3n2C1. The monoisotopic (exact) mass is 431 g/mol. The van der Waals surface area contributed by atoms with Gasteiger partial charge in [0.2, 0.25) is 0 Å². The predicted molar refractivity (Wildman–Crippen MR) is 124 cm³/mol. The van der Waals surface area contributed by atoms with Gasteiger partial charge in [0.05, 0.1) is 31.9 Å². The molecule has 32 heavy (non-hydrogen) atoms. The summed E-state index contributed by atoms with van der Waals surface area (Å²) in [6.45, 7) is 0.427. The predicted octanol–water partition coefficient (Wildman–Crippen LogP) is 5.69. The third-order valence-corrected chi connectivity index (χ3v) is 7.14. The van der Waals surface area contributed by atoms with E-state index in [1.807, 2.05) is 18.2 Å². The fourth-order valence-electron chi connectivity index (χ4n) is 5.65. The van der Waals surface area contributed by atoms with Crippen LogP contribution in [0, 0.1) is 0 Å². The normalized spacial score (nSPS) is 18.6. The summed E-state index contributed by atoms with van der Waals surface area (Å²) < 4.78 is 12.3. The standard InChI is InChI=1S/C27H29NO4/c1-31-26(29)19-12-13-22-23(15-19)28-16-20(27(30)32-2)14-18-10-6-7-11-21(18)25(28)24(22)17-8-4-3-5-9-17/h6,10,12-15,17H,3-5,7-9,11,16H2,1-2H3. The third-order valence-electron chi connectivity index (χ3n) is 7.14. The van der Waals surface area contributed by atoms with E-state index in [4.69, 9.17) is 9.47 Å². The van der Waals surface area contributed by atoms with Crippen LogP contribution in [0.5, 0.6) is 0 Å². The molecule has 2 heterocycles. The minimum absolute atomic E-state index is 0.311. The lowest BCUT2D eigenvalue weighted by molar-refractivity contribution is -0.136. The minimum atomic E-state index is -0.348. The van der Waals surface area contributed by atoms with Gasteiger partial charge < -0.3 is 14.0 Å². The summed E-state index contributed by atoms with van der Waals surface area (Å²) in [7, 11) is 2.83. The van der Waals surface area contributed by atoms with Gasteiger partial charge in [0.25, 0.3) is 0 Å². The molecule has 0 unspecified atom stereocenters. The molecular weight excluding hydrogens is 402 g/mol. The minimum Gasteiger partial charge on any atom is -0.466 e. The van der Waals surface area contributed by atoms with E-state index in [0.717, 1.165) is 23.9 Å². The van der Waals surface area contributed by atoms with Gasteiger partial charge in [0.15, 0.2) is 0 Å². The van der Waals surface area contributed by atoms with Crippen LogP contribution >= 0.6 is 0 Å². The maximum Gasteiger partial charge on any atom is 0.337 e. The van der Waals surface area contributed by atoms with Crippen molar-refractivity contribution in [3.05, 3.63) is 64.4 Å². The summed E-state index contributed by atoms with van der Waals surface area (Å²) in [5, 5.41) is 1.19. The average Bonchev–Trinajstić information content (AvgIpc) is 3.05. The molecule has 0 atom stereocenters. The average molecular weight is 432 g/mol. The van der Waals surface area contributed by atoms with Crippen LogP contribution in [-0.4, -0.2) is 30.7 Å². The molecule has 0 bridgehead atoms. The molecule has 166 valence electrons. The number of hydrogen-bond acceptors (Lipinski definition) is 4. The van der Waals surface area contributed by atoms with Gasteiger partial charge in [-0.3, -0.25) is 0 Å². The van der Waals surface area contributed by atoms with Gasteiger partial charge in [-0.05, 0) is 66.5 Å². The van der Waals surface area contributed by atoms with Crippen molar-refractivity contribution in [2.45, 2.75) is 57.4 Å². The number of benzene rings is 1. The Morgan fingerprint density at radius 1 is 1.03 bits per heavy atom. The first-order valence-corrected chi connectivity index (χ1v) is 11.6. The number of fused-ring (bicyclic) bond motifs is 4. The van der Waals surface area contributed by atoms with Gasteiger partial charge in [-0.15, -0.1) is 0 Å². The molecule has 2 aromatic rings. The summed E-state index contributed by atoms with van der Waals surface area (Å²) in [6.07, 6.45) is 14.4. The van der Waals surface area contributed by atoms with Crippen molar-refractivity contribution in [2.24, 2.45) is 0 Å². The lowest BCUT2D eigenvalue weighted by Gasteiger charge is -2.25. The van der Waals surface area contributed by atoms with E-state index in [1.54, 1.807) is 0 Å². The second-order valence-corrected chi connectivity index (χ2v) is 8.94. The Hall–Kier alpha value is -3.08. The molecule has 0 amide bonds. The molecule has 0 spiro atoms. The van der Waals surface area contributed by atoms with Crippen molar-refractivity contribution in [3.8, 4) is 0 Å². The highest BCUT2D eigenvalue weighted by Crippen LogP contribution is 2.46. The first kappa shape index (κ1) is 20.8. The smallest absolute Gasteiger partial charge is 0.337 e. The van der Waals surface area contributed by atoms with E-state index >= 15 is 0 Å². The number of hydrogen-bond donors (Lipinski definition) is 0. The fraction of sp³-hybridized carbons (Fsp3) is 0.407. The second kappa shape index (κ2) is 8.45. The molecule has 1 aromatic carbocycles. The van der Waals surface area contributed by atoms with E-state index in [2.05, 4.69) is 22.8 Å². The number of carbonyl (C=O) groups is 2. The Bertz CT molecular complexity index is 1190. The zero-order valence-corrected chi connectivity index (χ0v) is 18.8. The molecule has 0 saturated heterocycles. The van der Waals surface area contributed by atoms with E-state index in [9.17, 15) is 9.59 Å². The van der Waals surface area contributed by atoms with E-state index in [0.29, 0.717) is 23.6 Å². The highest BCUT2D eigenvalue weighted by atomic mass is 16.5. The zero-order valence-electron chi connectivity index (χ0n) is 18.8. The van der Waals surface area contributed by atoms with E-state index < -0.39 is 0 Å². The number of aromatic nitrogens is 1. The molecule has 1 aromatic heterocycles. The van der Waals surface area contributed by atoms with Crippen LogP contribution in [0.4, 0.5) is 0 Å². The Labute approximate surface area is 188 Å². The van der Waals surface area contributed by atoms with Crippen LogP contribution in [0.2, 0.25) is 0 Å². The molecule has 0 radical (unpaired) electrons. The number of ether oxygens (including phenoxy) is 2. The number of nitrogens with zero attached hydrogens (tertiary/aromatic N) is 1. The molecule has 5 heteroatoms. The van der Waals surface area contributed by atoms with Gasteiger partial charge >= 0.3 is 11.9 Å². The fourth-order valence-corrected chi connectivity index (χ4v) is 5.65. The molecule has 0 N–H and O–H groups in total. The van der Waals surface area contributed by atoms with Gasteiger partial charge in [0, 0.05) is 16.6 Å². The van der Waals surface area contributed by atoms with Crippen molar-refractivity contribution in [2.75, 3.05) is 14.2 Å². The maximum absolute atomic E-state index is 12.6.